The van der Waals surface area contributed by atoms with Crippen molar-refractivity contribution in [3.8, 4) is 0 Å². The van der Waals surface area contributed by atoms with E-state index in [0.717, 1.165) is 42.7 Å². The van der Waals surface area contributed by atoms with E-state index in [9.17, 15) is 34.8 Å². The minimum Gasteiger partial charge on any atom is -0.224 e. The van der Waals surface area contributed by atoms with Crippen molar-refractivity contribution < 1.29 is 34.8 Å². The molecule has 0 radical (unpaired) electrons. The molecule has 0 N–H and O–H groups in total. The highest BCUT2D eigenvalue weighted by Gasteiger charge is 2.40. The Bertz CT molecular complexity index is 1070. The molecular weight excluding hydrogens is 418 g/mol. The second-order valence-electron chi connectivity index (χ2n) is 6.60. The van der Waals surface area contributed by atoms with Crippen LogP contribution in [0.5, 0.6) is 0 Å². The zero-order valence-corrected chi connectivity index (χ0v) is 15.7. The standard InChI is InChI=1S/C20H14F6O2S/c1-29(27,28)16-8-4-13(5-9-16)18-11-15(20(24,25)26)10-17(18)12-2-6-14(7-3-12)19(21,22)23/h2-11,15H,1H3. The average molecular weight is 432 g/mol. The van der Waals surface area contributed by atoms with E-state index in [1.165, 1.54) is 24.3 Å². The fourth-order valence-corrected chi connectivity index (χ4v) is 3.63. The highest BCUT2D eigenvalue weighted by atomic mass is 32.2. The van der Waals surface area contributed by atoms with Gasteiger partial charge in [0.15, 0.2) is 9.84 Å². The van der Waals surface area contributed by atoms with E-state index in [1.54, 1.807) is 0 Å². The summed E-state index contributed by atoms with van der Waals surface area (Å²) in [7, 11) is -3.48. The number of rotatable bonds is 3. The van der Waals surface area contributed by atoms with E-state index in [1.807, 2.05) is 0 Å². The fraction of sp³-hybridized carbons (Fsp3) is 0.200. The molecule has 29 heavy (non-hydrogen) atoms. The van der Waals surface area contributed by atoms with Crippen LogP contribution < -0.4 is 0 Å². The summed E-state index contributed by atoms with van der Waals surface area (Å²) in [4.78, 5) is 0.00674. The van der Waals surface area contributed by atoms with Crippen LogP contribution in [0.3, 0.4) is 0 Å². The van der Waals surface area contributed by atoms with Crippen LogP contribution >= 0.6 is 0 Å². The molecule has 1 unspecified atom stereocenters. The first-order valence-corrected chi connectivity index (χ1v) is 10.1. The number of hydrogen-bond donors (Lipinski definition) is 0. The van der Waals surface area contributed by atoms with Gasteiger partial charge in [0.25, 0.3) is 0 Å². The molecule has 1 atom stereocenters. The molecule has 9 heteroatoms. The highest BCUT2D eigenvalue weighted by molar-refractivity contribution is 7.90. The molecule has 0 bridgehead atoms. The Morgan fingerprint density at radius 3 is 1.48 bits per heavy atom. The van der Waals surface area contributed by atoms with Gasteiger partial charge in [-0.15, -0.1) is 0 Å². The van der Waals surface area contributed by atoms with Crippen LogP contribution in [-0.2, 0) is 16.0 Å². The third kappa shape index (κ3) is 4.55. The largest absolute Gasteiger partial charge is 0.416 e. The van der Waals surface area contributed by atoms with E-state index in [0.29, 0.717) is 5.56 Å². The molecule has 1 aliphatic rings. The highest BCUT2D eigenvalue weighted by Crippen LogP contribution is 2.44. The maximum absolute atomic E-state index is 13.3. The van der Waals surface area contributed by atoms with Gasteiger partial charge in [-0.25, -0.2) is 8.42 Å². The Balaban J connectivity index is 2.05. The molecule has 0 saturated heterocycles. The van der Waals surface area contributed by atoms with Crippen molar-refractivity contribution in [3.05, 3.63) is 77.4 Å². The van der Waals surface area contributed by atoms with Gasteiger partial charge < -0.3 is 0 Å². The average Bonchev–Trinajstić information content (AvgIpc) is 3.06. The maximum atomic E-state index is 13.3. The normalized spacial score (nSPS) is 17.8. The Kier molecular flexibility index (Phi) is 5.15. The van der Waals surface area contributed by atoms with Crippen molar-refractivity contribution in [1.82, 2.24) is 0 Å². The van der Waals surface area contributed by atoms with Crippen molar-refractivity contribution in [3.63, 3.8) is 0 Å². The summed E-state index contributed by atoms with van der Waals surface area (Å²) in [5.74, 6) is -1.90. The quantitative estimate of drug-likeness (QED) is 0.578. The number of benzene rings is 2. The third-order valence-corrected chi connectivity index (χ3v) is 5.61. The Hall–Kier alpha value is -2.55. The number of hydrogen-bond acceptors (Lipinski definition) is 2. The summed E-state index contributed by atoms with van der Waals surface area (Å²) in [5, 5.41) is 0. The Morgan fingerprint density at radius 1 is 0.724 bits per heavy atom. The van der Waals surface area contributed by atoms with Gasteiger partial charge in [-0.05, 0) is 46.5 Å². The molecule has 2 aromatic carbocycles. The molecule has 3 rings (SSSR count). The third-order valence-electron chi connectivity index (χ3n) is 4.48. The smallest absolute Gasteiger partial charge is 0.224 e. The lowest BCUT2D eigenvalue weighted by Gasteiger charge is -2.12. The molecule has 0 amide bonds. The number of halogens is 6. The fourth-order valence-electron chi connectivity index (χ4n) is 3.00. The number of sulfone groups is 1. The Labute approximate surface area is 163 Å². The van der Waals surface area contributed by atoms with Gasteiger partial charge in [0.2, 0.25) is 0 Å². The predicted octanol–water partition coefficient (Wildman–Crippen LogP) is 5.77. The maximum Gasteiger partial charge on any atom is 0.416 e. The molecule has 0 spiro atoms. The zero-order chi connectivity index (χ0) is 21.6. The van der Waals surface area contributed by atoms with Gasteiger partial charge in [0, 0.05) is 6.26 Å². The summed E-state index contributed by atoms with van der Waals surface area (Å²) in [6.07, 6.45) is -6.20. The van der Waals surface area contributed by atoms with Crippen LogP contribution in [0.1, 0.15) is 16.7 Å². The molecular formula is C20H14F6O2S. The number of allylic oxidation sites excluding steroid dienone is 4. The zero-order valence-electron chi connectivity index (χ0n) is 14.8. The Morgan fingerprint density at radius 2 is 1.14 bits per heavy atom. The summed E-state index contributed by atoms with van der Waals surface area (Å²) >= 11 is 0. The van der Waals surface area contributed by atoms with Gasteiger partial charge >= 0.3 is 12.4 Å². The summed E-state index contributed by atoms with van der Waals surface area (Å²) in [5.41, 5.74) is -0.0750. The molecule has 0 saturated carbocycles. The predicted molar refractivity (Wildman–Crippen MR) is 96.5 cm³/mol. The monoisotopic (exact) mass is 432 g/mol. The van der Waals surface area contributed by atoms with Gasteiger partial charge in [0.1, 0.15) is 0 Å². The van der Waals surface area contributed by atoms with Crippen molar-refractivity contribution in [1.29, 1.82) is 0 Å². The number of alkyl halides is 6. The molecule has 2 nitrogen and oxygen atoms in total. The van der Waals surface area contributed by atoms with Crippen LogP contribution in [0.15, 0.2) is 65.6 Å². The molecule has 0 fully saturated rings. The summed E-state index contributed by atoms with van der Waals surface area (Å²) in [6, 6.07) is 9.15. The van der Waals surface area contributed by atoms with Crippen LogP contribution in [0.4, 0.5) is 26.3 Å². The van der Waals surface area contributed by atoms with Gasteiger partial charge in [-0.3, -0.25) is 0 Å². The first kappa shape index (κ1) is 21.2. The lowest BCUT2D eigenvalue weighted by Crippen LogP contribution is -2.17. The SMILES string of the molecule is CS(=O)(=O)c1ccc(C2=CC(C(F)(F)F)C=C2c2ccc(C(F)(F)F)cc2)cc1. The van der Waals surface area contributed by atoms with E-state index < -0.39 is 33.7 Å². The summed E-state index contributed by atoms with van der Waals surface area (Å²) in [6.45, 7) is 0. The molecule has 0 aliphatic heterocycles. The molecule has 0 heterocycles. The molecule has 1 aliphatic carbocycles. The van der Waals surface area contributed by atoms with Crippen LogP contribution in [0.2, 0.25) is 0 Å². The lowest BCUT2D eigenvalue weighted by molar-refractivity contribution is -0.148. The minimum absolute atomic E-state index is 0.00674. The first-order valence-electron chi connectivity index (χ1n) is 8.26. The van der Waals surface area contributed by atoms with Crippen molar-refractivity contribution in [2.75, 3.05) is 6.26 Å². The summed E-state index contributed by atoms with van der Waals surface area (Å²) < 4.78 is 101. The van der Waals surface area contributed by atoms with E-state index in [-0.39, 0.29) is 21.6 Å². The topological polar surface area (TPSA) is 34.1 Å². The van der Waals surface area contributed by atoms with Gasteiger partial charge in [-0.2, -0.15) is 26.3 Å². The van der Waals surface area contributed by atoms with Gasteiger partial charge in [-0.1, -0.05) is 36.4 Å². The van der Waals surface area contributed by atoms with Gasteiger partial charge in [0.05, 0.1) is 16.4 Å². The molecule has 154 valence electrons. The van der Waals surface area contributed by atoms with E-state index >= 15 is 0 Å². The van der Waals surface area contributed by atoms with Crippen LogP contribution in [0.25, 0.3) is 11.1 Å². The lowest BCUT2D eigenvalue weighted by atomic mass is 9.94. The van der Waals surface area contributed by atoms with Crippen LogP contribution in [0, 0.1) is 5.92 Å². The molecule has 0 aromatic heterocycles. The van der Waals surface area contributed by atoms with Crippen LogP contribution in [-0.4, -0.2) is 20.8 Å². The minimum atomic E-state index is -4.56. The van der Waals surface area contributed by atoms with E-state index in [2.05, 4.69) is 0 Å². The van der Waals surface area contributed by atoms with Crippen molar-refractivity contribution in [2.45, 2.75) is 17.2 Å². The first-order chi connectivity index (χ1) is 13.3. The molecule has 2 aromatic rings. The van der Waals surface area contributed by atoms with E-state index in [4.69, 9.17) is 0 Å². The second-order valence-corrected chi connectivity index (χ2v) is 8.62. The van der Waals surface area contributed by atoms with Crippen molar-refractivity contribution >= 4 is 21.0 Å². The second kappa shape index (κ2) is 7.05. The van der Waals surface area contributed by atoms with Crippen molar-refractivity contribution in [2.24, 2.45) is 5.92 Å².